The summed E-state index contributed by atoms with van der Waals surface area (Å²) in [7, 11) is 0. The fourth-order valence-corrected chi connectivity index (χ4v) is 4.13. The molecule has 9 N–H and O–H groups in total. The highest BCUT2D eigenvalue weighted by molar-refractivity contribution is 7.80. The third-order valence-electron chi connectivity index (χ3n) is 6.34. The van der Waals surface area contributed by atoms with Crippen LogP contribution in [0.2, 0.25) is 0 Å². The second kappa shape index (κ2) is 18.3. The van der Waals surface area contributed by atoms with Gasteiger partial charge in [-0.15, -0.1) is 0 Å². The highest BCUT2D eigenvalue weighted by atomic mass is 32.1. The van der Waals surface area contributed by atoms with E-state index in [0.29, 0.717) is 11.8 Å². The third kappa shape index (κ3) is 12.0. The van der Waals surface area contributed by atoms with Gasteiger partial charge < -0.3 is 47.3 Å². The molecule has 0 fully saturated rings. The molecule has 2 aromatic rings. The van der Waals surface area contributed by atoms with E-state index < -0.39 is 72.9 Å². The first-order chi connectivity index (χ1) is 21.0. The largest absolute Gasteiger partial charge is 0.508 e. The van der Waals surface area contributed by atoms with Crippen molar-refractivity contribution in [1.82, 2.24) is 26.6 Å². The Morgan fingerprint density at radius 3 is 2.02 bits per heavy atom. The molecule has 0 unspecified atom stereocenters. The number of hydrogen-bond acceptors (Lipinski definition) is 10. The van der Waals surface area contributed by atoms with Crippen molar-refractivity contribution in [3.63, 3.8) is 0 Å². The summed E-state index contributed by atoms with van der Waals surface area (Å²) in [6.45, 7) is -0.0206. The summed E-state index contributed by atoms with van der Waals surface area (Å²) in [6.07, 6.45) is 0.944. The quantitative estimate of drug-likeness (QED) is 0.0675. The van der Waals surface area contributed by atoms with Gasteiger partial charge in [0.2, 0.25) is 29.5 Å². The van der Waals surface area contributed by atoms with Gasteiger partial charge in [0.1, 0.15) is 30.2 Å². The van der Waals surface area contributed by atoms with Crippen LogP contribution in [0.5, 0.6) is 5.75 Å². The highest BCUT2D eigenvalue weighted by Crippen LogP contribution is 2.11. The van der Waals surface area contributed by atoms with E-state index in [2.05, 4.69) is 39.2 Å². The van der Waals surface area contributed by atoms with E-state index in [-0.39, 0.29) is 24.3 Å². The number of nitrogens with one attached hydrogen (secondary N) is 5. The monoisotopic (exact) mass is 630 g/mol. The number of aromatic hydroxyl groups is 1. The average molecular weight is 631 g/mol. The number of hydrogen-bond donors (Lipinski definition) is 9. The van der Waals surface area contributed by atoms with Gasteiger partial charge in [-0.3, -0.25) is 24.0 Å². The van der Waals surface area contributed by atoms with E-state index in [9.17, 15) is 39.0 Å². The summed E-state index contributed by atoms with van der Waals surface area (Å²) in [5.74, 6) is -3.78. The number of aliphatic hydroxyl groups excluding tert-OH is 1. The smallest absolute Gasteiger partial charge is 0.245 e. The van der Waals surface area contributed by atoms with Crippen molar-refractivity contribution in [2.75, 3.05) is 18.9 Å². The molecule has 0 aliphatic heterocycles. The number of thiol groups is 1. The first-order valence-electron chi connectivity index (χ1n) is 13.7. The number of rotatable bonds is 17. The zero-order valence-corrected chi connectivity index (χ0v) is 25.0. The summed E-state index contributed by atoms with van der Waals surface area (Å²) in [5, 5.41) is 30.9. The summed E-state index contributed by atoms with van der Waals surface area (Å²) in [4.78, 5) is 74.0. The van der Waals surface area contributed by atoms with Crippen molar-refractivity contribution in [3.05, 3.63) is 65.7 Å². The number of aldehydes is 1. The predicted molar refractivity (Wildman–Crippen MR) is 163 cm³/mol. The van der Waals surface area contributed by atoms with Gasteiger partial charge >= 0.3 is 0 Å². The maximum absolute atomic E-state index is 12.7. The second-order valence-electron chi connectivity index (χ2n) is 9.91. The molecule has 0 aromatic heterocycles. The van der Waals surface area contributed by atoms with Gasteiger partial charge in [0.25, 0.3) is 0 Å². The van der Waals surface area contributed by atoms with E-state index in [1.807, 2.05) is 6.07 Å². The number of phenols is 1. The zero-order valence-electron chi connectivity index (χ0n) is 24.1. The summed E-state index contributed by atoms with van der Waals surface area (Å²) in [6, 6.07) is 9.62. The molecule has 0 saturated heterocycles. The lowest BCUT2D eigenvalue weighted by atomic mass is 10.1. The van der Waals surface area contributed by atoms with Crippen LogP contribution in [0.15, 0.2) is 54.6 Å². The molecule has 0 aliphatic rings. The SMILES string of the molecule is C[C@H](NC(=O)CNC(=O)[C@H](CO)NC(=O)[C@H](CS)NC(=O)[C@@H](N)Cc1ccccc1)C(=O)N[C@H](C=O)Cc1ccc(O)cc1. The lowest BCUT2D eigenvalue weighted by molar-refractivity contribution is -0.133. The molecule has 0 bridgehead atoms. The number of phenolic OH excluding ortho intramolecular Hbond substituents is 1. The maximum Gasteiger partial charge on any atom is 0.245 e. The molecule has 14 nitrogen and oxygen atoms in total. The molecule has 15 heteroatoms. The predicted octanol–water partition coefficient (Wildman–Crippen LogP) is -2.30. The Bertz CT molecular complexity index is 1280. The van der Waals surface area contributed by atoms with Crippen molar-refractivity contribution >= 4 is 48.5 Å². The Morgan fingerprint density at radius 2 is 1.43 bits per heavy atom. The second-order valence-corrected chi connectivity index (χ2v) is 10.3. The van der Waals surface area contributed by atoms with Crippen molar-refractivity contribution in [2.45, 2.75) is 50.0 Å². The van der Waals surface area contributed by atoms with E-state index in [0.717, 1.165) is 5.56 Å². The Morgan fingerprint density at radius 1 is 0.818 bits per heavy atom. The minimum atomic E-state index is -1.46. The zero-order chi connectivity index (χ0) is 32.6. The minimum Gasteiger partial charge on any atom is -0.508 e. The summed E-state index contributed by atoms with van der Waals surface area (Å²) in [5.41, 5.74) is 7.48. The van der Waals surface area contributed by atoms with Gasteiger partial charge in [-0.1, -0.05) is 42.5 Å². The molecule has 5 amide bonds. The normalized spacial score (nSPS) is 14.1. The number of benzene rings is 2. The van der Waals surface area contributed by atoms with E-state index >= 15 is 0 Å². The third-order valence-corrected chi connectivity index (χ3v) is 6.71. The van der Waals surface area contributed by atoms with Crippen LogP contribution in [-0.2, 0) is 41.6 Å². The van der Waals surface area contributed by atoms with Crippen LogP contribution in [0.3, 0.4) is 0 Å². The minimum absolute atomic E-state index is 0.0577. The molecule has 0 saturated carbocycles. The maximum atomic E-state index is 12.7. The van der Waals surface area contributed by atoms with E-state index in [4.69, 9.17) is 5.73 Å². The lowest BCUT2D eigenvalue weighted by Gasteiger charge is -2.22. The Kier molecular flexibility index (Phi) is 14.8. The van der Waals surface area contributed by atoms with Crippen LogP contribution in [-0.4, -0.2) is 95.1 Å². The van der Waals surface area contributed by atoms with Crippen LogP contribution in [0.25, 0.3) is 0 Å². The van der Waals surface area contributed by atoms with Gasteiger partial charge in [-0.2, -0.15) is 12.6 Å². The number of carbonyl (C=O) groups excluding carboxylic acids is 6. The topological polar surface area (TPSA) is 229 Å². The molecular formula is C29H38N6O8S. The van der Waals surface area contributed by atoms with Crippen molar-refractivity contribution < 1.29 is 39.0 Å². The number of aliphatic hydroxyl groups is 1. The molecule has 0 aliphatic carbocycles. The first-order valence-corrected chi connectivity index (χ1v) is 14.3. The van der Waals surface area contributed by atoms with Gasteiger partial charge in [0.15, 0.2) is 0 Å². The lowest BCUT2D eigenvalue weighted by Crippen LogP contribution is -2.58. The fourth-order valence-electron chi connectivity index (χ4n) is 3.88. The molecule has 0 heterocycles. The van der Waals surface area contributed by atoms with Crippen LogP contribution >= 0.6 is 12.6 Å². The molecule has 0 radical (unpaired) electrons. The van der Waals surface area contributed by atoms with Crippen molar-refractivity contribution in [1.29, 1.82) is 0 Å². The fraction of sp³-hybridized carbons (Fsp3) is 0.379. The Balaban J connectivity index is 1.81. The van der Waals surface area contributed by atoms with Crippen LogP contribution in [0, 0.1) is 0 Å². The van der Waals surface area contributed by atoms with Gasteiger partial charge in [0.05, 0.1) is 25.2 Å². The average Bonchev–Trinajstić information content (AvgIpc) is 3.01. The standard InChI is InChI=1S/C29H38N6O8S/c1-17(26(40)33-20(14-36)11-19-7-9-21(38)10-8-19)32-25(39)13-31-28(42)23(15-37)34-29(43)24(16-44)35-27(41)22(30)12-18-5-3-2-4-6-18/h2-10,14,17,20,22-24,37-38,44H,11-13,15-16,30H2,1H3,(H,31,42)(H,32,39)(H,33,40)(H,34,43)(H,35,41)/t17-,20-,22-,23-,24-/m0/s1. The summed E-state index contributed by atoms with van der Waals surface area (Å²) >= 11 is 4.08. The Labute approximate surface area is 259 Å². The van der Waals surface area contributed by atoms with Crippen LogP contribution in [0.1, 0.15) is 18.1 Å². The molecule has 238 valence electrons. The highest BCUT2D eigenvalue weighted by Gasteiger charge is 2.28. The van der Waals surface area contributed by atoms with Crippen LogP contribution < -0.4 is 32.3 Å². The van der Waals surface area contributed by atoms with Crippen molar-refractivity contribution in [2.24, 2.45) is 5.73 Å². The Hall–Kier alpha value is -4.47. The summed E-state index contributed by atoms with van der Waals surface area (Å²) < 4.78 is 0. The van der Waals surface area contributed by atoms with Gasteiger partial charge in [-0.05, 0) is 43.0 Å². The molecule has 2 aromatic carbocycles. The van der Waals surface area contributed by atoms with Crippen LogP contribution in [0.4, 0.5) is 0 Å². The van der Waals surface area contributed by atoms with Gasteiger partial charge in [0, 0.05) is 5.75 Å². The van der Waals surface area contributed by atoms with Gasteiger partial charge in [-0.25, -0.2) is 0 Å². The number of carbonyl (C=O) groups is 6. The number of amides is 5. The molecule has 2 rings (SSSR count). The molecular weight excluding hydrogens is 592 g/mol. The first kappa shape index (κ1) is 35.7. The molecule has 0 spiro atoms. The number of nitrogens with two attached hydrogens (primary N) is 1. The van der Waals surface area contributed by atoms with Crippen molar-refractivity contribution in [3.8, 4) is 5.75 Å². The van der Waals surface area contributed by atoms with E-state index in [1.165, 1.54) is 19.1 Å². The molecule has 44 heavy (non-hydrogen) atoms. The molecule has 5 atom stereocenters. The van der Waals surface area contributed by atoms with E-state index in [1.54, 1.807) is 36.4 Å².